The van der Waals surface area contributed by atoms with E-state index in [1.807, 2.05) is 0 Å². The summed E-state index contributed by atoms with van der Waals surface area (Å²) < 4.78 is 64.8. The molecule has 9 heteroatoms. The van der Waals surface area contributed by atoms with Gasteiger partial charge in [-0.15, -0.1) is 0 Å². The zero-order valence-electron chi connectivity index (χ0n) is 11.7. The van der Waals surface area contributed by atoms with E-state index in [0.29, 0.717) is 4.31 Å². The molecule has 1 aromatic heterocycles. The Morgan fingerprint density at radius 2 is 2.10 bits per heavy atom. The van der Waals surface area contributed by atoms with Crippen molar-refractivity contribution in [3.05, 3.63) is 12.3 Å². The van der Waals surface area contributed by atoms with Crippen molar-refractivity contribution in [3.8, 4) is 0 Å². The van der Waals surface area contributed by atoms with Gasteiger partial charge in [0.2, 0.25) is 0 Å². The second-order valence-electron chi connectivity index (χ2n) is 5.19. The maximum Gasteiger partial charge on any atom is 0.402 e. The zero-order valence-corrected chi connectivity index (χ0v) is 12.5. The van der Waals surface area contributed by atoms with Crippen molar-refractivity contribution in [3.63, 3.8) is 0 Å². The van der Waals surface area contributed by atoms with Gasteiger partial charge < -0.3 is 0 Å². The Hall–Kier alpha value is -1.09. The Kier molecular flexibility index (Phi) is 4.62. The molecule has 21 heavy (non-hydrogen) atoms. The van der Waals surface area contributed by atoms with E-state index in [2.05, 4.69) is 5.10 Å². The molecule has 0 aromatic carbocycles. The number of halogens is 3. The third kappa shape index (κ3) is 3.76. The highest BCUT2D eigenvalue weighted by Crippen LogP contribution is 2.31. The molecule has 1 saturated carbocycles. The summed E-state index contributed by atoms with van der Waals surface area (Å²) in [5, 5.41) is 3.64. The summed E-state index contributed by atoms with van der Waals surface area (Å²) in [4.78, 5) is 0. The molecule has 1 heterocycles. The molecule has 2 rings (SSSR count). The molecule has 120 valence electrons. The van der Waals surface area contributed by atoms with E-state index in [1.54, 1.807) is 6.92 Å². The van der Waals surface area contributed by atoms with E-state index in [0.717, 1.165) is 19.3 Å². The fourth-order valence-electron chi connectivity index (χ4n) is 2.32. The first-order valence-corrected chi connectivity index (χ1v) is 8.26. The van der Waals surface area contributed by atoms with E-state index in [4.69, 9.17) is 0 Å². The number of aryl methyl sites for hydroxylation is 1. The predicted octanol–water partition coefficient (Wildman–Crippen LogP) is 2.26. The summed E-state index contributed by atoms with van der Waals surface area (Å²) in [6.07, 6.45) is -0.787. The fraction of sp³-hybridized carbons (Fsp3) is 0.750. The molecule has 1 aliphatic rings. The van der Waals surface area contributed by atoms with E-state index in [9.17, 15) is 21.6 Å². The Morgan fingerprint density at radius 3 is 2.57 bits per heavy atom. The van der Waals surface area contributed by atoms with Gasteiger partial charge in [-0.25, -0.2) is 8.42 Å². The number of nitrogens with zero attached hydrogens (tertiary/aromatic N) is 3. The van der Waals surface area contributed by atoms with Crippen LogP contribution < -0.4 is 0 Å². The summed E-state index contributed by atoms with van der Waals surface area (Å²) in [6, 6.07) is 1.24. The monoisotopic (exact) mass is 325 g/mol. The van der Waals surface area contributed by atoms with Crippen LogP contribution in [0.25, 0.3) is 0 Å². The number of hydrogen-bond acceptors (Lipinski definition) is 3. The van der Waals surface area contributed by atoms with Crippen molar-refractivity contribution in [1.29, 1.82) is 0 Å². The summed E-state index contributed by atoms with van der Waals surface area (Å²) in [5.74, 6) is 0.0140. The van der Waals surface area contributed by atoms with Gasteiger partial charge in [-0.1, -0.05) is 6.42 Å². The van der Waals surface area contributed by atoms with Crippen LogP contribution >= 0.6 is 0 Å². The van der Waals surface area contributed by atoms with Crippen molar-refractivity contribution in [2.24, 2.45) is 5.92 Å². The smallest absolute Gasteiger partial charge is 0.253 e. The maximum absolute atomic E-state index is 12.7. The van der Waals surface area contributed by atoms with Crippen LogP contribution in [0.15, 0.2) is 17.3 Å². The Bertz CT molecular complexity index is 579. The van der Waals surface area contributed by atoms with Crippen LogP contribution in [-0.2, 0) is 16.6 Å². The molecule has 0 aliphatic heterocycles. The normalized spacial score (nSPS) is 17.2. The number of rotatable bonds is 6. The lowest BCUT2D eigenvalue weighted by atomic mass is 9.85. The predicted molar refractivity (Wildman–Crippen MR) is 70.1 cm³/mol. The molecule has 1 fully saturated rings. The SMILES string of the molecule is CCn1nccc1S(=O)(=O)N(CC1CCC1)CC(F)(F)F. The highest BCUT2D eigenvalue weighted by molar-refractivity contribution is 7.89. The van der Waals surface area contributed by atoms with Crippen LogP contribution in [0.2, 0.25) is 0 Å². The van der Waals surface area contributed by atoms with Gasteiger partial charge in [0, 0.05) is 13.1 Å². The lowest BCUT2D eigenvalue weighted by Crippen LogP contribution is -2.43. The van der Waals surface area contributed by atoms with Gasteiger partial charge in [0.25, 0.3) is 10.0 Å². The largest absolute Gasteiger partial charge is 0.402 e. The number of alkyl halides is 3. The van der Waals surface area contributed by atoms with E-state index in [1.165, 1.54) is 16.9 Å². The van der Waals surface area contributed by atoms with Gasteiger partial charge in [-0.05, 0) is 31.7 Å². The summed E-state index contributed by atoms with van der Waals surface area (Å²) in [6.45, 7) is 0.425. The molecule has 0 bridgehead atoms. The Balaban J connectivity index is 2.29. The van der Waals surface area contributed by atoms with Crippen molar-refractivity contribution in [1.82, 2.24) is 14.1 Å². The topological polar surface area (TPSA) is 55.2 Å². The van der Waals surface area contributed by atoms with Gasteiger partial charge >= 0.3 is 6.18 Å². The van der Waals surface area contributed by atoms with Crippen molar-refractivity contribution in [2.75, 3.05) is 13.1 Å². The van der Waals surface area contributed by atoms with Gasteiger partial charge in [-0.2, -0.15) is 22.6 Å². The first-order chi connectivity index (χ1) is 9.74. The average molecular weight is 325 g/mol. The van der Waals surface area contributed by atoms with E-state index in [-0.39, 0.29) is 24.0 Å². The van der Waals surface area contributed by atoms with Crippen LogP contribution in [-0.4, -0.2) is 41.8 Å². The first-order valence-electron chi connectivity index (χ1n) is 6.82. The minimum Gasteiger partial charge on any atom is -0.253 e. The molecular formula is C12H18F3N3O2S. The Morgan fingerprint density at radius 1 is 1.43 bits per heavy atom. The van der Waals surface area contributed by atoms with Crippen LogP contribution in [0.1, 0.15) is 26.2 Å². The molecule has 0 amide bonds. The second-order valence-corrected chi connectivity index (χ2v) is 7.08. The van der Waals surface area contributed by atoms with Crippen molar-refractivity contribution >= 4 is 10.0 Å². The van der Waals surface area contributed by atoms with Crippen LogP contribution in [0, 0.1) is 5.92 Å². The summed E-state index contributed by atoms with van der Waals surface area (Å²) in [7, 11) is -4.19. The zero-order chi connectivity index (χ0) is 15.7. The molecule has 0 atom stereocenters. The van der Waals surface area contributed by atoms with Gasteiger partial charge in [0.15, 0.2) is 5.03 Å². The van der Waals surface area contributed by atoms with E-state index < -0.39 is 22.7 Å². The van der Waals surface area contributed by atoms with Gasteiger partial charge in [0.05, 0.1) is 6.20 Å². The molecule has 0 N–H and O–H groups in total. The maximum atomic E-state index is 12.7. The minimum absolute atomic E-state index is 0.0140. The fourth-order valence-corrected chi connectivity index (χ4v) is 3.98. The van der Waals surface area contributed by atoms with Crippen LogP contribution in [0.3, 0.4) is 0 Å². The lowest BCUT2D eigenvalue weighted by Gasteiger charge is -2.32. The molecular weight excluding hydrogens is 307 g/mol. The third-order valence-electron chi connectivity index (χ3n) is 3.62. The Labute approximate surface area is 121 Å². The van der Waals surface area contributed by atoms with E-state index >= 15 is 0 Å². The van der Waals surface area contributed by atoms with Crippen molar-refractivity contribution in [2.45, 2.75) is 43.9 Å². The molecule has 1 aliphatic carbocycles. The summed E-state index contributed by atoms with van der Waals surface area (Å²) in [5.41, 5.74) is 0. The van der Waals surface area contributed by atoms with Crippen LogP contribution in [0.4, 0.5) is 13.2 Å². The highest BCUT2D eigenvalue weighted by atomic mass is 32.2. The molecule has 0 unspecified atom stereocenters. The number of sulfonamides is 1. The summed E-state index contributed by atoms with van der Waals surface area (Å²) >= 11 is 0. The number of hydrogen-bond donors (Lipinski definition) is 0. The average Bonchev–Trinajstić information content (AvgIpc) is 2.79. The highest BCUT2D eigenvalue weighted by Gasteiger charge is 2.39. The molecule has 0 radical (unpaired) electrons. The molecule has 5 nitrogen and oxygen atoms in total. The van der Waals surface area contributed by atoms with Crippen LogP contribution in [0.5, 0.6) is 0 Å². The molecule has 0 spiro atoms. The number of aromatic nitrogens is 2. The first kappa shape index (κ1) is 16.3. The lowest BCUT2D eigenvalue weighted by molar-refractivity contribution is -0.137. The minimum atomic E-state index is -4.56. The third-order valence-corrected chi connectivity index (χ3v) is 5.46. The van der Waals surface area contributed by atoms with Gasteiger partial charge in [0.1, 0.15) is 6.54 Å². The standard InChI is InChI=1S/C12H18F3N3O2S/c1-2-18-11(6-7-16-18)21(19,20)17(9-12(13,14)15)8-10-4-3-5-10/h6-7,10H,2-5,8-9H2,1H3. The molecule has 1 aromatic rings. The van der Waals surface area contributed by atoms with Gasteiger partial charge in [-0.3, -0.25) is 4.68 Å². The molecule has 0 saturated heterocycles. The second kappa shape index (κ2) is 5.96. The quantitative estimate of drug-likeness (QED) is 0.806. The van der Waals surface area contributed by atoms with Crippen molar-refractivity contribution < 1.29 is 21.6 Å².